The number of para-hydroxylation sites is 2. The average Bonchev–Trinajstić information content (AvgIpc) is 2.98. The third-order valence-electron chi connectivity index (χ3n) is 3.54. The Hall–Kier alpha value is -1.74. The lowest BCUT2D eigenvalue weighted by atomic mass is 10.2. The summed E-state index contributed by atoms with van der Waals surface area (Å²) < 4.78 is 0. The van der Waals surface area contributed by atoms with E-state index in [1.54, 1.807) is 0 Å². The van der Waals surface area contributed by atoms with Gasteiger partial charge >= 0.3 is 0 Å². The molecule has 2 aromatic rings. The summed E-state index contributed by atoms with van der Waals surface area (Å²) in [6.07, 6.45) is 2.25. The summed E-state index contributed by atoms with van der Waals surface area (Å²) in [6.45, 7) is 0.962. The number of amidine groups is 1. The van der Waals surface area contributed by atoms with Gasteiger partial charge in [-0.15, -0.1) is 0 Å². The van der Waals surface area contributed by atoms with Crippen molar-refractivity contribution < 1.29 is 0 Å². The van der Waals surface area contributed by atoms with Crippen molar-refractivity contribution in [1.82, 2.24) is 0 Å². The molecule has 0 atom stereocenters. The molecule has 2 aliphatic rings. The van der Waals surface area contributed by atoms with Crippen LogP contribution in [0.1, 0.15) is 12.8 Å². The molecule has 0 radical (unpaired) electrons. The molecule has 0 aliphatic carbocycles. The van der Waals surface area contributed by atoms with Gasteiger partial charge in [-0.25, -0.2) is 0 Å². The zero-order chi connectivity index (χ0) is 12.7. The number of anilines is 2. The monoisotopic (exact) mass is 266 g/mol. The number of nitrogens with zero attached hydrogens (tertiary/aromatic N) is 2. The molecule has 2 nitrogen and oxygen atoms in total. The first-order valence-electron chi connectivity index (χ1n) is 6.63. The van der Waals surface area contributed by atoms with E-state index in [0.29, 0.717) is 0 Å². The van der Waals surface area contributed by atoms with Crippen molar-refractivity contribution >= 4 is 29.0 Å². The van der Waals surface area contributed by atoms with Gasteiger partial charge in [-0.2, -0.15) is 0 Å². The van der Waals surface area contributed by atoms with Crippen molar-refractivity contribution in [3.05, 3.63) is 48.5 Å². The number of rotatable bonds is 0. The molecular formula is C16H14N2S. The smallest absolute Gasteiger partial charge is 0.108 e. The first kappa shape index (κ1) is 11.1. The molecule has 94 valence electrons. The largest absolute Gasteiger partial charge is 0.297 e. The second-order valence-electron chi connectivity index (χ2n) is 4.77. The third-order valence-corrected chi connectivity index (χ3v) is 4.67. The average molecular weight is 266 g/mol. The molecule has 4 rings (SSSR count). The molecular weight excluding hydrogens is 252 g/mol. The van der Waals surface area contributed by atoms with Gasteiger partial charge < -0.3 is 0 Å². The Kier molecular flexibility index (Phi) is 2.59. The van der Waals surface area contributed by atoms with Crippen LogP contribution in [-0.2, 0) is 0 Å². The van der Waals surface area contributed by atoms with Crippen LogP contribution in [-0.4, -0.2) is 12.4 Å². The summed E-state index contributed by atoms with van der Waals surface area (Å²) in [4.78, 5) is 9.66. The quantitative estimate of drug-likeness (QED) is 0.698. The zero-order valence-corrected chi connectivity index (χ0v) is 11.4. The van der Waals surface area contributed by atoms with Crippen molar-refractivity contribution in [2.24, 2.45) is 4.99 Å². The Morgan fingerprint density at radius 3 is 2.11 bits per heavy atom. The molecule has 19 heavy (non-hydrogen) atoms. The Balaban J connectivity index is 1.93. The maximum absolute atomic E-state index is 4.69. The van der Waals surface area contributed by atoms with E-state index in [4.69, 9.17) is 4.99 Å². The normalized spacial score (nSPS) is 16.8. The summed E-state index contributed by atoms with van der Waals surface area (Å²) in [5, 5.41) is 0. The van der Waals surface area contributed by atoms with Crippen LogP contribution in [0.4, 0.5) is 11.4 Å². The van der Waals surface area contributed by atoms with Crippen molar-refractivity contribution in [2.45, 2.75) is 22.6 Å². The second kappa shape index (κ2) is 4.42. The van der Waals surface area contributed by atoms with Crippen molar-refractivity contribution in [3.8, 4) is 0 Å². The van der Waals surface area contributed by atoms with Gasteiger partial charge in [-0.05, 0) is 30.7 Å². The molecule has 2 aliphatic heterocycles. The van der Waals surface area contributed by atoms with E-state index in [2.05, 4.69) is 53.4 Å². The van der Waals surface area contributed by atoms with Crippen LogP contribution in [0.2, 0.25) is 0 Å². The predicted molar refractivity (Wildman–Crippen MR) is 80.7 cm³/mol. The number of fused-ring (bicyclic) bond motifs is 2. The topological polar surface area (TPSA) is 15.6 Å². The van der Waals surface area contributed by atoms with Gasteiger partial charge in [-0.1, -0.05) is 36.0 Å². The summed E-state index contributed by atoms with van der Waals surface area (Å²) >= 11 is 1.85. The molecule has 2 heterocycles. The maximum Gasteiger partial charge on any atom is 0.108 e. The first-order chi connectivity index (χ1) is 9.43. The molecule has 0 unspecified atom stereocenters. The molecule has 3 heteroatoms. The highest BCUT2D eigenvalue weighted by molar-refractivity contribution is 7.99. The van der Waals surface area contributed by atoms with Gasteiger partial charge in [0.05, 0.1) is 11.4 Å². The van der Waals surface area contributed by atoms with E-state index in [0.717, 1.165) is 13.0 Å². The molecule has 0 saturated heterocycles. The highest BCUT2D eigenvalue weighted by Crippen LogP contribution is 2.48. The van der Waals surface area contributed by atoms with Crippen molar-refractivity contribution in [1.29, 1.82) is 0 Å². The fourth-order valence-corrected chi connectivity index (χ4v) is 3.75. The van der Waals surface area contributed by atoms with Crippen LogP contribution in [0.5, 0.6) is 0 Å². The predicted octanol–water partition coefficient (Wildman–Crippen LogP) is 4.48. The van der Waals surface area contributed by atoms with Gasteiger partial charge in [0.25, 0.3) is 0 Å². The summed E-state index contributed by atoms with van der Waals surface area (Å²) in [5.41, 5.74) is 2.54. The Labute approximate surface area is 117 Å². The van der Waals surface area contributed by atoms with Gasteiger partial charge in [0.2, 0.25) is 0 Å². The lowest BCUT2D eigenvalue weighted by molar-refractivity contribution is 0.949. The van der Waals surface area contributed by atoms with Crippen molar-refractivity contribution in [3.63, 3.8) is 0 Å². The number of aliphatic imine (C=N–C) groups is 1. The van der Waals surface area contributed by atoms with Crippen LogP contribution in [0, 0.1) is 0 Å². The van der Waals surface area contributed by atoms with E-state index < -0.39 is 0 Å². The highest BCUT2D eigenvalue weighted by Gasteiger charge is 2.27. The molecule has 2 aromatic carbocycles. The summed E-state index contributed by atoms with van der Waals surface area (Å²) in [7, 11) is 0. The van der Waals surface area contributed by atoms with Crippen LogP contribution < -0.4 is 4.90 Å². The van der Waals surface area contributed by atoms with Gasteiger partial charge in [0.15, 0.2) is 0 Å². The van der Waals surface area contributed by atoms with Crippen LogP contribution in [0.25, 0.3) is 0 Å². The highest BCUT2D eigenvalue weighted by atomic mass is 32.2. The second-order valence-corrected chi connectivity index (χ2v) is 5.86. The van der Waals surface area contributed by atoms with Crippen LogP contribution >= 0.6 is 11.8 Å². The lowest BCUT2D eigenvalue weighted by Crippen LogP contribution is -2.26. The van der Waals surface area contributed by atoms with E-state index in [9.17, 15) is 0 Å². The van der Waals surface area contributed by atoms with E-state index in [1.807, 2.05) is 11.8 Å². The minimum atomic E-state index is 0.962. The lowest BCUT2D eigenvalue weighted by Gasteiger charge is -2.32. The number of benzene rings is 2. The van der Waals surface area contributed by atoms with Gasteiger partial charge in [0, 0.05) is 22.8 Å². The Bertz CT molecular complexity index is 618. The third kappa shape index (κ3) is 1.77. The maximum atomic E-state index is 4.69. The number of hydrogen-bond acceptors (Lipinski definition) is 3. The molecule has 0 N–H and O–H groups in total. The standard InChI is InChI=1S/C16H14N2S/c1-3-8-14-12(6-1)18(16-10-5-11-17-16)13-7-2-4-9-15(13)19-14/h1-4,6-9H,5,10-11H2. The van der Waals surface area contributed by atoms with Gasteiger partial charge in [-0.3, -0.25) is 9.89 Å². The molecule has 0 fully saturated rings. The molecule has 0 saturated carbocycles. The molecule has 0 spiro atoms. The molecule has 0 aromatic heterocycles. The van der Waals surface area contributed by atoms with Crippen molar-refractivity contribution in [2.75, 3.05) is 11.4 Å². The van der Waals surface area contributed by atoms with E-state index in [-0.39, 0.29) is 0 Å². The zero-order valence-electron chi connectivity index (χ0n) is 10.5. The molecule has 0 amide bonds. The molecule has 0 bridgehead atoms. The fourth-order valence-electron chi connectivity index (χ4n) is 2.69. The SMILES string of the molecule is c1ccc2c(c1)Sc1ccccc1N2C1=NCCC1. The van der Waals surface area contributed by atoms with Gasteiger partial charge in [0.1, 0.15) is 5.84 Å². The Morgan fingerprint density at radius 1 is 0.895 bits per heavy atom. The summed E-state index contributed by atoms with van der Waals surface area (Å²) in [5.74, 6) is 1.21. The fraction of sp³-hybridized carbons (Fsp3) is 0.188. The Morgan fingerprint density at radius 2 is 1.53 bits per heavy atom. The summed E-state index contributed by atoms with van der Waals surface area (Å²) in [6, 6.07) is 17.2. The van der Waals surface area contributed by atoms with E-state index in [1.165, 1.54) is 33.4 Å². The van der Waals surface area contributed by atoms with Crippen LogP contribution in [0.15, 0.2) is 63.3 Å². The van der Waals surface area contributed by atoms with Crippen LogP contribution in [0.3, 0.4) is 0 Å². The number of hydrogen-bond donors (Lipinski definition) is 0. The minimum Gasteiger partial charge on any atom is -0.297 e. The first-order valence-corrected chi connectivity index (χ1v) is 7.44. The minimum absolute atomic E-state index is 0.962. The van der Waals surface area contributed by atoms with E-state index >= 15 is 0 Å².